The Bertz CT molecular complexity index is 946. The molecule has 34 heavy (non-hydrogen) atoms. The van der Waals surface area contributed by atoms with Crippen molar-refractivity contribution in [2.24, 2.45) is 0 Å². The number of nitrogens with zero attached hydrogens (tertiary/aromatic N) is 2. The number of hydrogen-bond donors (Lipinski definition) is 2. The summed E-state index contributed by atoms with van der Waals surface area (Å²) in [4.78, 5) is 55.7. The van der Waals surface area contributed by atoms with Crippen molar-refractivity contribution in [2.75, 3.05) is 26.3 Å². The van der Waals surface area contributed by atoms with Crippen LogP contribution in [0.2, 0.25) is 0 Å². The number of hydrogen-bond acceptors (Lipinski definition) is 9. The summed E-state index contributed by atoms with van der Waals surface area (Å²) in [5.41, 5.74) is -1.85. The summed E-state index contributed by atoms with van der Waals surface area (Å²) in [5, 5.41) is 27.8. The van der Waals surface area contributed by atoms with E-state index in [2.05, 4.69) is 23.8 Å². The lowest BCUT2D eigenvalue weighted by molar-refractivity contribution is -0.394. The third-order valence-corrected chi connectivity index (χ3v) is 4.27. The Hall–Kier alpha value is -4.29. The number of nitrogens with one attached hydrogen (secondary N) is 2. The predicted octanol–water partition coefficient (Wildman–Crippen LogP) is 2.20. The lowest BCUT2D eigenvalue weighted by atomic mass is 10.1. The molecule has 0 unspecified atom stereocenters. The molecule has 0 atom stereocenters. The van der Waals surface area contributed by atoms with E-state index in [1.54, 1.807) is 0 Å². The van der Waals surface area contributed by atoms with E-state index in [9.17, 15) is 34.6 Å². The maximum atomic E-state index is 12.6. The maximum Gasteiger partial charge on any atom is 0.342 e. The third kappa shape index (κ3) is 9.46. The van der Waals surface area contributed by atoms with Gasteiger partial charge in [-0.2, -0.15) is 0 Å². The fraction of sp³-hybridized carbons (Fsp3) is 0.381. The predicted molar refractivity (Wildman–Crippen MR) is 120 cm³/mol. The Labute approximate surface area is 195 Å². The van der Waals surface area contributed by atoms with Gasteiger partial charge in [0.2, 0.25) is 17.6 Å². The molecule has 0 saturated heterocycles. The second kappa shape index (κ2) is 14.7. The molecule has 0 bridgehead atoms. The molecular formula is C21H26N4O9. The number of amides is 2. The van der Waals surface area contributed by atoms with Gasteiger partial charge >= 0.3 is 11.7 Å². The Morgan fingerprint density at radius 3 is 1.94 bits per heavy atom. The average molecular weight is 478 g/mol. The molecule has 2 amide bonds. The SMILES string of the molecule is C=CC(=O)NCCCCOC(=O)c1cc([N+](=O)[O-])cc([N+](=O)[O-])c1OCCCCNC(=O)C=C. The number of nitro benzene ring substituents is 2. The van der Waals surface area contributed by atoms with Crippen molar-refractivity contribution in [1.82, 2.24) is 10.6 Å². The molecule has 0 saturated carbocycles. The van der Waals surface area contributed by atoms with Crippen molar-refractivity contribution in [2.45, 2.75) is 25.7 Å². The molecule has 1 aromatic rings. The fourth-order valence-electron chi connectivity index (χ4n) is 2.58. The van der Waals surface area contributed by atoms with Crippen LogP contribution in [0.15, 0.2) is 37.4 Å². The molecule has 2 N–H and O–H groups in total. The minimum absolute atomic E-state index is 0.0497. The molecule has 0 spiro atoms. The molecule has 0 radical (unpaired) electrons. The van der Waals surface area contributed by atoms with Gasteiger partial charge in [0.25, 0.3) is 5.69 Å². The number of esters is 1. The van der Waals surface area contributed by atoms with E-state index in [1.807, 2.05) is 0 Å². The number of ether oxygens (including phenoxy) is 2. The van der Waals surface area contributed by atoms with Crippen LogP contribution < -0.4 is 15.4 Å². The number of benzene rings is 1. The Morgan fingerprint density at radius 2 is 1.44 bits per heavy atom. The second-order valence-electron chi connectivity index (χ2n) is 6.74. The van der Waals surface area contributed by atoms with Crippen LogP contribution in [0.25, 0.3) is 0 Å². The molecule has 1 rings (SSSR count). The third-order valence-electron chi connectivity index (χ3n) is 4.27. The van der Waals surface area contributed by atoms with Crippen molar-refractivity contribution < 1.29 is 33.7 Å². The zero-order valence-electron chi connectivity index (χ0n) is 18.4. The van der Waals surface area contributed by atoms with Crippen LogP contribution in [0.3, 0.4) is 0 Å². The van der Waals surface area contributed by atoms with Gasteiger partial charge in [-0.25, -0.2) is 4.79 Å². The molecule has 1 aromatic carbocycles. The fourth-order valence-corrected chi connectivity index (χ4v) is 2.58. The number of carbonyl (C=O) groups excluding carboxylic acids is 3. The number of nitro groups is 2. The highest BCUT2D eigenvalue weighted by molar-refractivity contribution is 5.95. The molecule has 0 aromatic heterocycles. The second-order valence-corrected chi connectivity index (χ2v) is 6.74. The van der Waals surface area contributed by atoms with Crippen molar-refractivity contribution in [3.63, 3.8) is 0 Å². The summed E-state index contributed by atoms with van der Waals surface area (Å²) in [7, 11) is 0. The van der Waals surface area contributed by atoms with Crippen molar-refractivity contribution >= 4 is 29.2 Å². The highest BCUT2D eigenvalue weighted by atomic mass is 16.6. The maximum absolute atomic E-state index is 12.6. The van der Waals surface area contributed by atoms with E-state index in [0.29, 0.717) is 44.8 Å². The van der Waals surface area contributed by atoms with E-state index in [-0.39, 0.29) is 25.0 Å². The minimum atomic E-state index is -1.02. The number of carbonyl (C=O) groups is 3. The van der Waals surface area contributed by atoms with Gasteiger partial charge in [-0.3, -0.25) is 29.8 Å². The average Bonchev–Trinajstić information content (AvgIpc) is 2.82. The Balaban J connectivity index is 2.86. The first kappa shape index (κ1) is 27.7. The van der Waals surface area contributed by atoms with Gasteiger partial charge in [-0.05, 0) is 37.8 Å². The molecule has 0 aliphatic carbocycles. The standard InChI is InChI=1S/C21H26N4O9/c1-3-18(26)22-9-5-7-11-33-20-16(13-15(24(29)30)14-17(20)25(31)32)21(28)34-12-8-6-10-23-19(27)4-2/h3-4,13-14H,1-2,5-12H2,(H,22,26)(H,23,27). The summed E-state index contributed by atoms with van der Waals surface area (Å²) in [6, 6.07) is 1.57. The summed E-state index contributed by atoms with van der Waals surface area (Å²) in [5.74, 6) is -2.14. The van der Waals surface area contributed by atoms with Crippen LogP contribution in [0.5, 0.6) is 5.75 Å². The van der Waals surface area contributed by atoms with Gasteiger partial charge in [0.1, 0.15) is 5.56 Å². The Morgan fingerprint density at radius 1 is 0.882 bits per heavy atom. The minimum Gasteiger partial charge on any atom is -0.486 e. The number of unbranched alkanes of at least 4 members (excludes halogenated alkanes) is 2. The number of rotatable bonds is 16. The number of non-ortho nitro benzene ring substituents is 1. The summed E-state index contributed by atoms with van der Waals surface area (Å²) in [6.07, 6.45) is 3.93. The van der Waals surface area contributed by atoms with Crippen molar-refractivity contribution in [3.05, 3.63) is 63.2 Å². The Kier molecular flexibility index (Phi) is 12.0. The molecular weight excluding hydrogens is 452 g/mol. The molecule has 184 valence electrons. The smallest absolute Gasteiger partial charge is 0.342 e. The largest absolute Gasteiger partial charge is 0.486 e. The summed E-state index contributed by atoms with van der Waals surface area (Å²) >= 11 is 0. The van der Waals surface area contributed by atoms with Gasteiger partial charge in [0.05, 0.1) is 29.1 Å². The zero-order valence-corrected chi connectivity index (χ0v) is 18.4. The lowest BCUT2D eigenvalue weighted by Gasteiger charge is -2.12. The lowest BCUT2D eigenvalue weighted by Crippen LogP contribution is -2.22. The van der Waals surface area contributed by atoms with Gasteiger partial charge < -0.3 is 20.1 Å². The van der Waals surface area contributed by atoms with Crippen LogP contribution in [-0.4, -0.2) is 53.9 Å². The van der Waals surface area contributed by atoms with Crippen LogP contribution >= 0.6 is 0 Å². The first-order valence-electron chi connectivity index (χ1n) is 10.3. The topological polar surface area (TPSA) is 180 Å². The quantitative estimate of drug-likeness (QED) is 0.118. The first-order chi connectivity index (χ1) is 16.2. The van der Waals surface area contributed by atoms with Crippen molar-refractivity contribution in [1.29, 1.82) is 0 Å². The molecule has 0 fully saturated rings. The van der Waals surface area contributed by atoms with E-state index in [0.717, 1.165) is 18.2 Å². The van der Waals surface area contributed by atoms with E-state index >= 15 is 0 Å². The summed E-state index contributed by atoms with van der Waals surface area (Å²) < 4.78 is 10.5. The van der Waals surface area contributed by atoms with Gasteiger partial charge in [0, 0.05) is 19.2 Å². The highest BCUT2D eigenvalue weighted by Gasteiger charge is 2.29. The van der Waals surface area contributed by atoms with E-state index < -0.39 is 38.5 Å². The van der Waals surface area contributed by atoms with Crippen LogP contribution in [-0.2, 0) is 14.3 Å². The molecule has 0 aliphatic rings. The van der Waals surface area contributed by atoms with Gasteiger partial charge in [-0.15, -0.1) is 0 Å². The highest BCUT2D eigenvalue weighted by Crippen LogP contribution is 2.36. The first-order valence-corrected chi connectivity index (χ1v) is 10.3. The molecule has 13 nitrogen and oxygen atoms in total. The van der Waals surface area contributed by atoms with Gasteiger partial charge in [-0.1, -0.05) is 13.2 Å². The monoisotopic (exact) mass is 478 g/mol. The zero-order chi connectivity index (χ0) is 25.5. The van der Waals surface area contributed by atoms with Crippen LogP contribution in [0.1, 0.15) is 36.0 Å². The van der Waals surface area contributed by atoms with E-state index in [1.165, 1.54) is 0 Å². The molecule has 0 aliphatic heterocycles. The van der Waals surface area contributed by atoms with Crippen LogP contribution in [0, 0.1) is 20.2 Å². The van der Waals surface area contributed by atoms with Crippen molar-refractivity contribution in [3.8, 4) is 5.75 Å². The normalized spacial score (nSPS) is 10.0. The van der Waals surface area contributed by atoms with Gasteiger partial charge in [0.15, 0.2) is 0 Å². The molecule has 13 heteroatoms. The summed E-state index contributed by atoms with van der Waals surface area (Å²) in [6.45, 7) is 7.15. The molecule has 0 heterocycles. The van der Waals surface area contributed by atoms with E-state index in [4.69, 9.17) is 9.47 Å². The van der Waals surface area contributed by atoms with Crippen LogP contribution in [0.4, 0.5) is 11.4 Å².